The Bertz CT molecular complexity index is 310. The van der Waals surface area contributed by atoms with E-state index < -0.39 is 5.60 Å². The van der Waals surface area contributed by atoms with Gasteiger partial charge < -0.3 is 10.1 Å². The van der Waals surface area contributed by atoms with E-state index in [4.69, 9.17) is 4.74 Å². The van der Waals surface area contributed by atoms with Gasteiger partial charge in [-0.25, -0.2) is 0 Å². The molecule has 0 bridgehead atoms. The molecule has 0 aromatic carbocycles. The lowest BCUT2D eigenvalue weighted by Crippen LogP contribution is -2.51. The van der Waals surface area contributed by atoms with Gasteiger partial charge in [0.1, 0.15) is 5.60 Å². The number of nitrogens with zero attached hydrogens (tertiary/aromatic N) is 1. The summed E-state index contributed by atoms with van der Waals surface area (Å²) < 4.78 is 5.41. The lowest BCUT2D eigenvalue weighted by molar-refractivity contribution is -0.156. The molecule has 4 heteroatoms. The van der Waals surface area contributed by atoms with Crippen LogP contribution >= 0.6 is 0 Å². The summed E-state index contributed by atoms with van der Waals surface area (Å²) in [6.45, 7) is 15.8. The van der Waals surface area contributed by atoms with Crippen LogP contribution in [0.4, 0.5) is 0 Å². The topological polar surface area (TPSA) is 41.6 Å². The van der Waals surface area contributed by atoms with E-state index in [1.165, 1.54) is 6.42 Å². The number of esters is 1. The number of rotatable bonds is 5. The first kappa shape index (κ1) is 17.4. The summed E-state index contributed by atoms with van der Waals surface area (Å²) in [6.07, 6.45) is 1.19. The monoisotopic (exact) mass is 284 g/mol. The molecule has 4 nitrogen and oxygen atoms in total. The summed E-state index contributed by atoms with van der Waals surface area (Å²) in [6, 6.07) is 0.489. The second-order valence-electron chi connectivity index (χ2n) is 7.62. The third-order valence-corrected chi connectivity index (χ3v) is 3.32. The molecule has 1 heterocycles. The minimum absolute atomic E-state index is 0.116. The highest BCUT2D eigenvalue weighted by atomic mass is 16.6. The Hall–Kier alpha value is -0.610. The molecule has 1 N–H and O–H groups in total. The first-order chi connectivity index (χ1) is 9.15. The largest absolute Gasteiger partial charge is 0.459 e. The van der Waals surface area contributed by atoms with Crippen LogP contribution in [0.2, 0.25) is 0 Å². The zero-order valence-electron chi connectivity index (χ0n) is 14.0. The second kappa shape index (κ2) is 7.41. The molecule has 0 radical (unpaired) electrons. The van der Waals surface area contributed by atoms with Gasteiger partial charge in [-0.2, -0.15) is 0 Å². The Balaban J connectivity index is 2.43. The fraction of sp³-hybridized carbons (Fsp3) is 0.938. The molecule has 1 aliphatic rings. The predicted octanol–water partition coefficient (Wildman–Crippen LogP) is 2.28. The highest BCUT2D eigenvalue weighted by Crippen LogP contribution is 2.17. The van der Waals surface area contributed by atoms with Crippen molar-refractivity contribution >= 4 is 5.97 Å². The van der Waals surface area contributed by atoms with E-state index in [-0.39, 0.29) is 5.97 Å². The van der Waals surface area contributed by atoms with Crippen LogP contribution in [-0.4, -0.2) is 48.7 Å². The fourth-order valence-corrected chi connectivity index (χ4v) is 2.70. The first-order valence-corrected chi connectivity index (χ1v) is 7.83. The van der Waals surface area contributed by atoms with Crippen molar-refractivity contribution in [2.24, 2.45) is 11.8 Å². The number of likely N-dealkylation sites (tertiary alicyclic amines) is 1. The molecule has 1 aliphatic heterocycles. The maximum atomic E-state index is 11.9. The van der Waals surface area contributed by atoms with Gasteiger partial charge in [0.25, 0.3) is 0 Å². The van der Waals surface area contributed by atoms with Crippen LogP contribution in [0.1, 0.15) is 48.0 Å². The fourth-order valence-electron chi connectivity index (χ4n) is 2.70. The maximum Gasteiger partial charge on any atom is 0.320 e. The summed E-state index contributed by atoms with van der Waals surface area (Å²) in [5, 5.41) is 3.61. The van der Waals surface area contributed by atoms with Crippen LogP contribution in [-0.2, 0) is 9.53 Å². The summed E-state index contributed by atoms with van der Waals surface area (Å²) in [7, 11) is 0. The number of hydrogen-bond donors (Lipinski definition) is 1. The molecule has 2 unspecified atom stereocenters. The highest BCUT2D eigenvalue weighted by molar-refractivity contribution is 5.72. The van der Waals surface area contributed by atoms with Crippen LogP contribution in [0.15, 0.2) is 0 Å². The van der Waals surface area contributed by atoms with Crippen LogP contribution in [0.5, 0.6) is 0 Å². The minimum Gasteiger partial charge on any atom is -0.459 e. The molecular weight excluding hydrogens is 252 g/mol. The summed E-state index contributed by atoms with van der Waals surface area (Å²) in [5.74, 6) is 1.16. The van der Waals surface area contributed by atoms with E-state index in [2.05, 4.69) is 31.0 Å². The molecule has 118 valence electrons. The molecule has 0 amide bonds. The zero-order chi connectivity index (χ0) is 15.3. The molecule has 1 fully saturated rings. The van der Waals surface area contributed by atoms with E-state index in [1.54, 1.807) is 0 Å². The number of ether oxygens (including phenoxy) is 1. The summed E-state index contributed by atoms with van der Waals surface area (Å²) in [4.78, 5) is 14.1. The van der Waals surface area contributed by atoms with Crippen LogP contribution < -0.4 is 5.32 Å². The molecule has 1 saturated heterocycles. The van der Waals surface area contributed by atoms with Crippen molar-refractivity contribution in [2.45, 2.75) is 59.6 Å². The molecule has 0 aliphatic carbocycles. The van der Waals surface area contributed by atoms with Gasteiger partial charge in [0, 0.05) is 19.1 Å². The van der Waals surface area contributed by atoms with Crippen LogP contribution in [0.25, 0.3) is 0 Å². The molecule has 0 spiro atoms. The van der Waals surface area contributed by atoms with Crippen molar-refractivity contribution in [3.8, 4) is 0 Å². The van der Waals surface area contributed by atoms with Gasteiger partial charge in [-0.15, -0.1) is 0 Å². The number of piperidine rings is 1. The van der Waals surface area contributed by atoms with E-state index in [1.807, 2.05) is 20.8 Å². The van der Waals surface area contributed by atoms with E-state index in [0.717, 1.165) is 19.6 Å². The van der Waals surface area contributed by atoms with Gasteiger partial charge in [0.2, 0.25) is 0 Å². The quantitative estimate of drug-likeness (QED) is 0.787. The smallest absolute Gasteiger partial charge is 0.320 e. The normalized spacial score (nSPS) is 24.9. The van der Waals surface area contributed by atoms with E-state index >= 15 is 0 Å². The Morgan fingerprint density at radius 3 is 2.55 bits per heavy atom. The SMILES string of the molecule is CC(C)CNC1CC(C)CN(CC(=O)OC(C)(C)C)C1. The Morgan fingerprint density at radius 2 is 2.00 bits per heavy atom. The average Bonchev–Trinajstić information content (AvgIpc) is 2.22. The number of nitrogens with one attached hydrogen (secondary N) is 1. The number of carbonyl (C=O) groups excluding carboxylic acids is 1. The zero-order valence-corrected chi connectivity index (χ0v) is 14.0. The van der Waals surface area contributed by atoms with Crippen LogP contribution in [0, 0.1) is 11.8 Å². The van der Waals surface area contributed by atoms with Gasteiger partial charge >= 0.3 is 5.97 Å². The van der Waals surface area contributed by atoms with Crippen molar-refractivity contribution in [1.29, 1.82) is 0 Å². The van der Waals surface area contributed by atoms with Gasteiger partial charge in [-0.3, -0.25) is 9.69 Å². The Labute approximate surface area is 124 Å². The van der Waals surface area contributed by atoms with Gasteiger partial charge in [0.05, 0.1) is 6.54 Å². The molecule has 0 aromatic heterocycles. The minimum atomic E-state index is -0.395. The molecule has 20 heavy (non-hydrogen) atoms. The van der Waals surface area contributed by atoms with Gasteiger partial charge in [0.15, 0.2) is 0 Å². The van der Waals surface area contributed by atoms with Crippen molar-refractivity contribution < 1.29 is 9.53 Å². The number of hydrogen-bond acceptors (Lipinski definition) is 4. The van der Waals surface area contributed by atoms with Crippen molar-refractivity contribution in [1.82, 2.24) is 10.2 Å². The van der Waals surface area contributed by atoms with Gasteiger partial charge in [-0.05, 0) is 45.6 Å². The Morgan fingerprint density at radius 1 is 1.35 bits per heavy atom. The second-order valence-corrected chi connectivity index (χ2v) is 7.62. The first-order valence-electron chi connectivity index (χ1n) is 7.83. The van der Waals surface area contributed by atoms with Crippen molar-refractivity contribution in [3.05, 3.63) is 0 Å². The van der Waals surface area contributed by atoms with E-state index in [0.29, 0.717) is 24.4 Å². The van der Waals surface area contributed by atoms with E-state index in [9.17, 15) is 4.79 Å². The Kier molecular flexibility index (Phi) is 6.46. The molecule has 0 saturated carbocycles. The lowest BCUT2D eigenvalue weighted by atomic mass is 9.95. The standard InChI is InChI=1S/C16H32N2O2/c1-12(2)8-17-14-7-13(3)9-18(10-14)11-15(19)20-16(4,5)6/h12-14,17H,7-11H2,1-6H3. The third kappa shape index (κ3) is 7.25. The molecule has 0 aromatic rings. The highest BCUT2D eigenvalue weighted by Gasteiger charge is 2.27. The lowest BCUT2D eigenvalue weighted by Gasteiger charge is -2.37. The van der Waals surface area contributed by atoms with Crippen LogP contribution in [0.3, 0.4) is 0 Å². The number of carbonyl (C=O) groups is 1. The molecule has 1 rings (SSSR count). The third-order valence-electron chi connectivity index (χ3n) is 3.32. The van der Waals surface area contributed by atoms with Crippen molar-refractivity contribution in [3.63, 3.8) is 0 Å². The average molecular weight is 284 g/mol. The maximum absolute atomic E-state index is 11.9. The van der Waals surface area contributed by atoms with Gasteiger partial charge in [-0.1, -0.05) is 20.8 Å². The molecule has 2 atom stereocenters. The summed E-state index contributed by atoms with van der Waals surface area (Å²) >= 11 is 0. The van der Waals surface area contributed by atoms with Crippen molar-refractivity contribution in [2.75, 3.05) is 26.2 Å². The summed E-state index contributed by atoms with van der Waals surface area (Å²) in [5.41, 5.74) is -0.395. The predicted molar refractivity (Wildman–Crippen MR) is 82.7 cm³/mol. The molecular formula is C16H32N2O2.